The van der Waals surface area contributed by atoms with E-state index in [-0.39, 0.29) is 22.5 Å². The van der Waals surface area contributed by atoms with Gasteiger partial charge in [-0.3, -0.25) is 28.5 Å². The first kappa shape index (κ1) is 41.3. The lowest BCUT2D eigenvalue weighted by Crippen LogP contribution is -2.45. The highest BCUT2D eigenvalue weighted by Crippen LogP contribution is 2.43. The molecular weight excluding hydrogens is 774 g/mol. The number of nitrogens with zero attached hydrogens (tertiary/aromatic N) is 9. The molecule has 0 atom stereocenters. The highest BCUT2D eigenvalue weighted by atomic mass is 35.5. The molecule has 59 heavy (non-hydrogen) atoms. The van der Waals surface area contributed by atoms with Crippen LogP contribution in [-0.2, 0) is 24.2 Å². The number of rotatable bonds is 8. The summed E-state index contributed by atoms with van der Waals surface area (Å²) in [5, 5.41) is 31.4. The normalized spacial score (nSPS) is 16.6. The molecule has 2 aliphatic carbocycles. The van der Waals surface area contributed by atoms with E-state index in [2.05, 4.69) is 48.5 Å². The second-order valence-electron chi connectivity index (χ2n) is 15.6. The van der Waals surface area contributed by atoms with Crippen LogP contribution in [0.3, 0.4) is 0 Å². The van der Waals surface area contributed by atoms with Gasteiger partial charge in [0.15, 0.2) is 28.7 Å². The molecule has 7 heterocycles. The van der Waals surface area contributed by atoms with Crippen LogP contribution >= 0.6 is 11.6 Å². The van der Waals surface area contributed by atoms with Crippen molar-refractivity contribution >= 4 is 45.4 Å². The number of carbonyl (C=O) groups is 2. The first-order valence-corrected chi connectivity index (χ1v) is 20.7. The predicted octanol–water partition coefficient (Wildman–Crippen LogP) is 6.57. The summed E-state index contributed by atoms with van der Waals surface area (Å²) in [5.41, 5.74) is 0.369. The zero-order valence-electron chi connectivity index (χ0n) is 33.9. The zero-order chi connectivity index (χ0) is 42.1. The van der Waals surface area contributed by atoms with Gasteiger partial charge in [0.2, 0.25) is 0 Å². The van der Waals surface area contributed by atoms with Crippen molar-refractivity contribution in [1.82, 2.24) is 43.6 Å². The average molecular weight is 824 g/mol. The minimum atomic E-state index is -0.722. The Morgan fingerprint density at radius 1 is 0.712 bits per heavy atom. The fourth-order valence-electron chi connectivity index (χ4n) is 8.83. The lowest BCUT2D eigenvalue weighted by atomic mass is 9.97. The molecule has 15 nitrogen and oxygen atoms in total. The highest BCUT2D eigenvalue weighted by Gasteiger charge is 2.40. The van der Waals surface area contributed by atoms with Gasteiger partial charge in [0.05, 0.1) is 41.6 Å². The number of Topliss-reactive ketones (excluding diaryl/α,β-unsaturated/α-hetero) is 1. The van der Waals surface area contributed by atoms with Crippen LogP contribution in [0.2, 0.25) is 5.02 Å². The molecule has 310 valence electrons. The summed E-state index contributed by atoms with van der Waals surface area (Å²) < 4.78 is 7.38. The summed E-state index contributed by atoms with van der Waals surface area (Å²) in [6.45, 7) is 9.43. The van der Waals surface area contributed by atoms with Gasteiger partial charge in [-0.2, -0.15) is 10.2 Å². The van der Waals surface area contributed by atoms with Gasteiger partial charge in [0.25, 0.3) is 16.8 Å². The molecule has 0 spiro atoms. The van der Waals surface area contributed by atoms with Gasteiger partial charge in [-0.15, -0.1) is 0 Å². The van der Waals surface area contributed by atoms with Crippen molar-refractivity contribution in [2.45, 2.75) is 110 Å². The Morgan fingerprint density at radius 3 is 1.69 bits per heavy atom. The number of ketones is 1. The molecule has 1 saturated heterocycles. The molecule has 0 unspecified atom stereocenters. The lowest BCUT2D eigenvalue weighted by molar-refractivity contribution is 0.0639. The number of pyridine rings is 2. The van der Waals surface area contributed by atoms with Crippen molar-refractivity contribution in [1.29, 1.82) is 0 Å². The van der Waals surface area contributed by atoms with E-state index in [1.807, 2.05) is 38.2 Å². The van der Waals surface area contributed by atoms with Crippen molar-refractivity contribution in [3.63, 3.8) is 0 Å². The molecule has 6 aromatic heterocycles. The standard InChI is InChI=1S/C21H22ClN5O3.C20H22N4O3.C2H6/c22-15-11-27(19-14(15)5-3-8-23-19)21(6-1-2-7-21)13-26-12-16(28)18(29)17(24-26)20(30)25-9-4-10-25;1-13-10-24(19-15(13)6-5-9-21-19)20(7-3-4-8-20)12-23-11-16(26)18(27)17(22-23)14(2)25;1-2/h3,5,8,11-12,28H,1-2,4,6-7,9-10,13H2;5-6,9-11,26H,3-4,7-8,12H2,1-2H3;1-2H3. The van der Waals surface area contributed by atoms with E-state index in [1.165, 1.54) is 28.7 Å². The number of aryl methyl sites for hydroxylation is 1. The number of aromatic nitrogens is 8. The minimum absolute atomic E-state index is 0.226. The maximum atomic E-state index is 12.6. The van der Waals surface area contributed by atoms with E-state index in [9.17, 15) is 29.4 Å². The molecule has 1 amide bonds. The van der Waals surface area contributed by atoms with Gasteiger partial charge >= 0.3 is 0 Å². The molecule has 2 N–H and O–H groups in total. The molecular formula is C43H50ClN9O6. The van der Waals surface area contributed by atoms with Crippen LogP contribution < -0.4 is 10.9 Å². The molecule has 9 rings (SSSR count). The Hall–Kier alpha value is -5.83. The van der Waals surface area contributed by atoms with Crippen LogP contribution in [0.1, 0.15) is 105 Å². The first-order chi connectivity index (χ1) is 28.4. The number of halogens is 1. The van der Waals surface area contributed by atoms with Crippen molar-refractivity contribution in [2.75, 3.05) is 13.1 Å². The van der Waals surface area contributed by atoms with E-state index in [0.29, 0.717) is 31.2 Å². The molecule has 1 aliphatic heterocycles. The largest absolute Gasteiger partial charge is 0.503 e. The summed E-state index contributed by atoms with van der Waals surface area (Å²) in [7, 11) is 0. The van der Waals surface area contributed by atoms with E-state index in [1.54, 1.807) is 17.3 Å². The van der Waals surface area contributed by atoms with E-state index < -0.39 is 34.0 Å². The number of carbonyl (C=O) groups excluding carboxylic acids is 2. The Balaban J connectivity index is 0.000000173. The van der Waals surface area contributed by atoms with Crippen LogP contribution in [-0.4, -0.2) is 78.6 Å². The van der Waals surface area contributed by atoms with Gasteiger partial charge in [0.1, 0.15) is 11.3 Å². The number of fused-ring (bicyclic) bond motifs is 2. The summed E-state index contributed by atoms with van der Waals surface area (Å²) in [4.78, 5) is 59.4. The number of aromatic hydroxyl groups is 2. The summed E-state index contributed by atoms with van der Waals surface area (Å²) in [5.74, 6) is -1.79. The molecule has 16 heteroatoms. The second kappa shape index (κ2) is 16.8. The number of likely N-dealkylation sites (tertiary alicyclic amines) is 1. The van der Waals surface area contributed by atoms with Gasteiger partial charge in [0, 0.05) is 55.6 Å². The van der Waals surface area contributed by atoms with Crippen LogP contribution in [0.4, 0.5) is 0 Å². The number of hydrogen-bond acceptors (Lipinski definition) is 10. The Labute approximate surface area is 345 Å². The molecule has 0 bridgehead atoms. The first-order valence-electron chi connectivity index (χ1n) is 20.4. The smallest absolute Gasteiger partial charge is 0.278 e. The molecule has 6 aromatic rings. The van der Waals surface area contributed by atoms with Gasteiger partial charge in [-0.25, -0.2) is 9.97 Å². The fraction of sp³-hybridized carbons (Fsp3) is 0.442. The van der Waals surface area contributed by atoms with Gasteiger partial charge in [-0.05, 0) is 68.9 Å². The minimum Gasteiger partial charge on any atom is -0.503 e. The molecule has 3 aliphatic rings. The van der Waals surface area contributed by atoms with E-state index >= 15 is 0 Å². The number of hydrogen-bond donors (Lipinski definition) is 2. The highest BCUT2D eigenvalue weighted by molar-refractivity contribution is 6.35. The molecule has 0 radical (unpaired) electrons. The Bertz CT molecular complexity index is 2650. The van der Waals surface area contributed by atoms with E-state index in [0.717, 1.165) is 85.4 Å². The van der Waals surface area contributed by atoms with Crippen LogP contribution in [0.25, 0.3) is 22.1 Å². The molecule has 0 aromatic carbocycles. The van der Waals surface area contributed by atoms with Crippen LogP contribution in [0, 0.1) is 6.92 Å². The van der Waals surface area contributed by atoms with E-state index in [4.69, 9.17) is 11.6 Å². The second-order valence-corrected chi connectivity index (χ2v) is 16.0. The van der Waals surface area contributed by atoms with Crippen molar-refractivity contribution in [3.8, 4) is 11.5 Å². The average Bonchev–Trinajstić information content (AvgIpc) is 4.02. The van der Waals surface area contributed by atoms with Gasteiger partial charge < -0.3 is 24.2 Å². The monoisotopic (exact) mass is 823 g/mol. The molecule has 3 fully saturated rings. The predicted molar refractivity (Wildman–Crippen MR) is 224 cm³/mol. The third kappa shape index (κ3) is 7.75. The maximum absolute atomic E-state index is 12.6. The van der Waals surface area contributed by atoms with Crippen molar-refractivity contribution in [2.24, 2.45) is 0 Å². The maximum Gasteiger partial charge on any atom is 0.278 e. The van der Waals surface area contributed by atoms with Crippen molar-refractivity contribution < 1.29 is 19.8 Å². The molecule has 2 saturated carbocycles. The SMILES string of the molecule is CC.CC(=O)c1nn(CC2(n3cc(C)c4cccnc43)CCCC2)cc(O)c1=O.O=C(c1nn(CC2(n3cc(Cl)c4cccnc43)CCCC2)cc(O)c1=O)N1CCC1. The van der Waals surface area contributed by atoms with Crippen LogP contribution in [0.15, 0.2) is 71.0 Å². The Morgan fingerprint density at radius 2 is 1.19 bits per heavy atom. The fourth-order valence-corrected chi connectivity index (χ4v) is 9.08. The summed E-state index contributed by atoms with van der Waals surface area (Å²) in [6.07, 6.45) is 19.0. The van der Waals surface area contributed by atoms with Gasteiger partial charge in [-0.1, -0.05) is 51.1 Å². The Kier molecular flexibility index (Phi) is 11.8. The lowest BCUT2D eigenvalue weighted by Gasteiger charge is -2.33. The van der Waals surface area contributed by atoms with Crippen LogP contribution in [0.5, 0.6) is 11.5 Å². The number of amides is 1. The topological polar surface area (TPSA) is 183 Å². The summed E-state index contributed by atoms with van der Waals surface area (Å²) in [6, 6.07) is 7.79. The zero-order valence-corrected chi connectivity index (χ0v) is 34.7. The third-order valence-electron chi connectivity index (χ3n) is 11.9. The quantitative estimate of drug-likeness (QED) is 0.159. The third-order valence-corrected chi connectivity index (χ3v) is 12.2. The van der Waals surface area contributed by atoms with Crippen molar-refractivity contribution in [3.05, 3.63) is 104 Å². The summed E-state index contributed by atoms with van der Waals surface area (Å²) >= 11 is 6.48.